The fraction of sp³-hybridized carbons (Fsp3) is 0.467. The number of carbonyl (C=O) groups is 2. The zero-order chi connectivity index (χ0) is 15.0. The third-order valence-electron chi connectivity index (χ3n) is 4.19. The molecule has 0 bridgehead atoms. The van der Waals surface area contributed by atoms with Gasteiger partial charge in [-0.05, 0) is 53.9 Å². The Balaban J connectivity index is 1.77. The Labute approximate surface area is 138 Å². The summed E-state index contributed by atoms with van der Waals surface area (Å²) < 4.78 is 1.09. The molecule has 2 aliphatic heterocycles. The van der Waals surface area contributed by atoms with Crippen molar-refractivity contribution in [1.82, 2.24) is 9.80 Å². The van der Waals surface area contributed by atoms with Gasteiger partial charge in [0, 0.05) is 29.7 Å². The molecule has 2 amide bonds. The molecule has 2 fully saturated rings. The van der Waals surface area contributed by atoms with Gasteiger partial charge in [0.2, 0.25) is 5.91 Å². The van der Waals surface area contributed by atoms with Crippen LogP contribution in [0.5, 0.6) is 0 Å². The molecule has 3 rings (SSSR count). The van der Waals surface area contributed by atoms with E-state index in [1.165, 1.54) is 4.90 Å². The number of amides is 2. The van der Waals surface area contributed by atoms with Crippen LogP contribution in [0.2, 0.25) is 0 Å². The van der Waals surface area contributed by atoms with Gasteiger partial charge in [-0.25, -0.2) is 4.90 Å². The minimum absolute atomic E-state index is 0.0780. The van der Waals surface area contributed by atoms with E-state index in [4.69, 9.17) is 0 Å². The average molecular weight is 399 g/mol. The van der Waals surface area contributed by atoms with Gasteiger partial charge in [-0.15, -0.1) is 0 Å². The smallest absolute Gasteiger partial charge is 0.251 e. The molecule has 1 aromatic rings. The summed E-state index contributed by atoms with van der Waals surface area (Å²) in [4.78, 5) is 30.6. The van der Waals surface area contributed by atoms with E-state index in [1.807, 2.05) is 24.3 Å². The Morgan fingerprint density at radius 1 is 1.05 bits per heavy atom. The third kappa shape index (κ3) is 2.97. The fourth-order valence-electron chi connectivity index (χ4n) is 2.90. The van der Waals surface area contributed by atoms with Crippen LogP contribution in [0.15, 0.2) is 24.3 Å². The van der Waals surface area contributed by atoms with E-state index < -0.39 is 0 Å². The molecule has 1 atom stereocenters. The molecule has 112 valence electrons. The molecular formula is C15H18IN3O2. The van der Waals surface area contributed by atoms with Gasteiger partial charge in [-0.3, -0.25) is 14.5 Å². The molecular weight excluding hydrogens is 381 g/mol. The second-order valence-corrected chi connectivity index (χ2v) is 6.85. The monoisotopic (exact) mass is 399 g/mol. The molecule has 0 aliphatic carbocycles. The number of anilines is 1. The number of benzene rings is 1. The van der Waals surface area contributed by atoms with Crippen molar-refractivity contribution in [2.24, 2.45) is 0 Å². The van der Waals surface area contributed by atoms with Crippen LogP contribution < -0.4 is 4.90 Å². The highest BCUT2D eigenvalue weighted by Gasteiger charge is 2.43. The van der Waals surface area contributed by atoms with Crippen LogP contribution in [0.4, 0.5) is 5.69 Å². The highest BCUT2D eigenvalue weighted by molar-refractivity contribution is 14.1. The molecule has 5 nitrogen and oxygen atoms in total. The molecule has 6 heteroatoms. The third-order valence-corrected chi connectivity index (χ3v) is 4.91. The quantitative estimate of drug-likeness (QED) is 0.554. The summed E-state index contributed by atoms with van der Waals surface area (Å²) in [6.07, 6.45) is 0.300. The van der Waals surface area contributed by atoms with Gasteiger partial charge in [0.05, 0.1) is 18.2 Å². The number of halogens is 1. The average Bonchev–Trinajstić information content (AvgIpc) is 2.76. The van der Waals surface area contributed by atoms with Crippen molar-refractivity contribution in [3.8, 4) is 0 Å². The van der Waals surface area contributed by atoms with E-state index in [-0.39, 0.29) is 17.9 Å². The van der Waals surface area contributed by atoms with Crippen LogP contribution in [0.25, 0.3) is 0 Å². The standard InChI is InChI=1S/C15H18IN3O2/c1-17-6-8-18(9-7-17)13-10-14(20)19(15(13)21)12-4-2-11(16)3-5-12/h2-5,13H,6-10H2,1H3. The molecule has 0 aromatic heterocycles. The van der Waals surface area contributed by atoms with Crippen molar-refractivity contribution in [3.05, 3.63) is 27.8 Å². The molecule has 1 aromatic carbocycles. The molecule has 0 N–H and O–H groups in total. The van der Waals surface area contributed by atoms with E-state index >= 15 is 0 Å². The second-order valence-electron chi connectivity index (χ2n) is 5.60. The lowest BCUT2D eigenvalue weighted by molar-refractivity contribution is -0.123. The Kier molecular flexibility index (Phi) is 4.28. The minimum Gasteiger partial charge on any atom is -0.304 e. The summed E-state index contributed by atoms with van der Waals surface area (Å²) in [6, 6.07) is 7.22. The summed E-state index contributed by atoms with van der Waals surface area (Å²) in [6.45, 7) is 3.59. The van der Waals surface area contributed by atoms with Crippen LogP contribution in [0.3, 0.4) is 0 Å². The van der Waals surface area contributed by atoms with Gasteiger partial charge >= 0.3 is 0 Å². The molecule has 21 heavy (non-hydrogen) atoms. The molecule has 0 spiro atoms. The van der Waals surface area contributed by atoms with Gasteiger partial charge in [0.25, 0.3) is 5.91 Å². The zero-order valence-electron chi connectivity index (χ0n) is 12.0. The van der Waals surface area contributed by atoms with Crippen molar-refractivity contribution < 1.29 is 9.59 Å². The summed E-state index contributed by atoms with van der Waals surface area (Å²) in [7, 11) is 2.08. The summed E-state index contributed by atoms with van der Waals surface area (Å²) in [5.74, 6) is -0.170. The molecule has 0 saturated carbocycles. The summed E-state index contributed by atoms with van der Waals surface area (Å²) >= 11 is 2.21. The Morgan fingerprint density at radius 3 is 2.29 bits per heavy atom. The van der Waals surface area contributed by atoms with Gasteiger partial charge < -0.3 is 4.90 Å². The van der Waals surface area contributed by atoms with Crippen molar-refractivity contribution in [2.45, 2.75) is 12.5 Å². The second kappa shape index (κ2) is 6.02. The molecule has 2 heterocycles. The van der Waals surface area contributed by atoms with Gasteiger partial charge in [-0.2, -0.15) is 0 Å². The van der Waals surface area contributed by atoms with Crippen molar-refractivity contribution in [2.75, 3.05) is 38.1 Å². The number of piperazine rings is 1. The molecule has 2 aliphatic rings. The van der Waals surface area contributed by atoms with Crippen LogP contribution in [0, 0.1) is 3.57 Å². The number of rotatable bonds is 2. The lowest BCUT2D eigenvalue weighted by Crippen LogP contribution is -2.51. The van der Waals surface area contributed by atoms with Gasteiger partial charge in [0.15, 0.2) is 0 Å². The number of nitrogens with zero attached hydrogens (tertiary/aromatic N) is 3. The summed E-state index contributed by atoms with van der Waals surface area (Å²) in [5.41, 5.74) is 0.682. The topological polar surface area (TPSA) is 43.9 Å². The number of hydrogen-bond acceptors (Lipinski definition) is 4. The largest absolute Gasteiger partial charge is 0.304 e. The Hall–Kier alpha value is -0.990. The van der Waals surface area contributed by atoms with Crippen molar-refractivity contribution in [3.63, 3.8) is 0 Å². The van der Waals surface area contributed by atoms with Crippen molar-refractivity contribution >= 4 is 40.1 Å². The maximum atomic E-state index is 12.6. The van der Waals surface area contributed by atoms with Gasteiger partial charge in [0.1, 0.15) is 0 Å². The molecule has 1 unspecified atom stereocenters. The predicted octanol–water partition coefficient (Wildman–Crippen LogP) is 1.17. The number of hydrogen-bond donors (Lipinski definition) is 0. The minimum atomic E-state index is -0.287. The van der Waals surface area contributed by atoms with Crippen LogP contribution in [-0.2, 0) is 9.59 Å². The maximum Gasteiger partial charge on any atom is 0.251 e. The lowest BCUT2D eigenvalue weighted by Gasteiger charge is -2.35. The number of carbonyl (C=O) groups excluding carboxylic acids is 2. The van der Waals surface area contributed by atoms with Crippen LogP contribution >= 0.6 is 22.6 Å². The van der Waals surface area contributed by atoms with Crippen molar-refractivity contribution in [1.29, 1.82) is 0 Å². The highest BCUT2D eigenvalue weighted by atomic mass is 127. The molecule has 2 saturated heterocycles. The highest BCUT2D eigenvalue weighted by Crippen LogP contribution is 2.26. The van der Waals surface area contributed by atoms with E-state index in [0.717, 1.165) is 29.7 Å². The van der Waals surface area contributed by atoms with Crippen LogP contribution in [-0.4, -0.2) is 60.9 Å². The first-order chi connectivity index (χ1) is 10.1. The first kappa shape index (κ1) is 14.9. The Morgan fingerprint density at radius 2 is 1.67 bits per heavy atom. The zero-order valence-corrected chi connectivity index (χ0v) is 14.1. The van der Waals surface area contributed by atoms with E-state index in [9.17, 15) is 9.59 Å². The van der Waals surface area contributed by atoms with Gasteiger partial charge in [-0.1, -0.05) is 0 Å². The maximum absolute atomic E-state index is 12.6. The first-order valence-electron chi connectivity index (χ1n) is 7.11. The fourth-order valence-corrected chi connectivity index (χ4v) is 3.26. The lowest BCUT2D eigenvalue weighted by atomic mass is 10.2. The normalized spacial score (nSPS) is 24.9. The Bertz CT molecular complexity index is 553. The first-order valence-corrected chi connectivity index (χ1v) is 8.19. The van der Waals surface area contributed by atoms with E-state index in [1.54, 1.807) is 0 Å². The summed E-state index contributed by atoms with van der Waals surface area (Å²) in [5, 5.41) is 0. The van der Waals surface area contributed by atoms with E-state index in [2.05, 4.69) is 39.4 Å². The van der Waals surface area contributed by atoms with E-state index in [0.29, 0.717) is 12.1 Å². The number of imide groups is 1. The van der Waals surface area contributed by atoms with Crippen LogP contribution in [0.1, 0.15) is 6.42 Å². The predicted molar refractivity (Wildman–Crippen MR) is 89.1 cm³/mol. The molecule has 0 radical (unpaired) electrons. The SMILES string of the molecule is CN1CCN(C2CC(=O)N(c3ccc(I)cc3)C2=O)CC1. The number of likely N-dealkylation sites (N-methyl/N-ethyl adjacent to an activating group) is 1.